The highest BCUT2D eigenvalue weighted by atomic mass is 28.4. The minimum atomic E-state index is -2.10. The molecular formula is C22H36O8Si. The van der Waals surface area contributed by atoms with E-state index in [9.17, 15) is 9.59 Å². The van der Waals surface area contributed by atoms with Crippen LogP contribution in [0.15, 0.2) is 18.2 Å². The molecule has 0 aliphatic heterocycles. The van der Waals surface area contributed by atoms with Gasteiger partial charge in [-0.25, -0.2) is 9.59 Å². The third-order valence-electron chi connectivity index (χ3n) is 5.35. The van der Waals surface area contributed by atoms with Crippen LogP contribution in [0.3, 0.4) is 0 Å². The van der Waals surface area contributed by atoms with Crippen LogP contribution in [-0.2, 0) is 28.2 Å². The van der Waals surface area contributed by atoms with Gasteiger partial charge in [-0.05, 0) is 42.2 Å². The molecule has 176 valence electrons. The third-order valence-corrected chi connectivity index (χ3v) is 9.83. The van der Waals surface area contributed by atoms with E-state index in [1.807, 2.05) is 12.1 Å². The number of rotatable bonds is 12. The molecule has 0 radical (unpaired) electrons. The zero-order chi connectivity index (χ0) is 23.7. The van der Waals surface area contributed by atoms with Crippen LogP contribution in [0.25, 0.3) is 0 Å². The number of carbonyl (C=O) groups is 2. The Balaban J connectivity index is 3.06. The first kappa shape index (κ1) is 26.9. The van der Waals surface area contributed by atoms with E-state index in [1.54, 1.807) is 6.07 Å². The second-order valence-corrected chi connectivity index (χ2v) is 13.3. The van der Waals surface area contributed by atoms with Gasteiger partial charge in [0, 0.05) is 0 Å². The molecule has 0 heterocycles. The van der Waals surface area contributed by atoms with Gasteiger partial charge in [0.25, 0.3) is 0 Å². The SMILES string of the molecule is COC(=O)COCCC(O[Si](C)(C)C(C)(C)C)c1ccc(OCC(=O)OC)c(OC)c1. The van der Waals surface area contributed by atoms with Gasteiger partial charge in [-0.15, -0.1) is 0 Å². The summed E-state index contributed by atoms with van der Waals surface area (Å²) in [5.74, 6) is 0.0223. The van der Waals surface area contributed by atoms with Crippen molar-refractivity contribution in [3.05, 3.63) is 23.8 Å². The van der Waals surface area contributed by atoms with Gasteiger partial charge in [0.05, 0.1) is 34.0 Å². The average molecular weight is 457 g/mol. The largest absolute Gasteiger partial charge is 0.493 e. The molecule has 1 aromatic carbocycles. The average Bonchev–Trinajstić information content (AvgIpc) is 2.72. The summed E-state index contributed by atoms with van der Waals surface area (Å²) in [6, 6.07) is 5.46. The minimum Gasteiger partial charge on any atom is -0.493 e. The normalized spacial score (nSPS) is 12.8. The number of esters is 2. The number of ether oxygens (including phenoxy) is 5. The van der Waals surface area contributed by atoms with E-state index in [-0.39, 0.29) is 24.4 Å². The molecule has 0 fully saturated rings. The van der Waals surface area contributed by atoms with Crippen molar-refractivity contribution >= 4 is 20.3 Å². The van der Waals surface area contributed by atoms with E-state index in [1.165, 1.54) is 21.3 Å². The van der Waals surface area contributed by atoms with Crippen LogP contribution >= 0.6 is 0 Å². The van der Waals surface area contributed by atoms with E-state index >= 15 is 0 Å². The van der Waals surface area contributed by atoms with Crippen LogP contribution in [0.4, 0.5) is 0 Å². The second-order valence-electron chi connectivity index (χ2n) is 8.56. The van der Waals surface area contributed by atoms with E-state index < -0.39 is 20.3 Å². The molecule has 1 atom stereocenters. The molecule has 0 bridgehead atoms. The summed E-state index contributed by atoms with van der Waals surface area (Å²) < 4.78 is 32.3. The highest BCUT2D eigenvalue weighted by Crippen LogP contribution is 2.41. The molecule has 0 spiro atoms. The van der Waals surface area contributed by atoms with E-state index in [0.717, 1.165) is 5.56 Å². The number of hydrogen-bond donors (Lipinski definition) is 0. The van der Waals surface area contributed by atoms with E-state index in [4.69, 9.17) is 18.6 Å². The number of carbonyl (C=O) groups excluding carboxylic acids is 2. The van der Waals surface area contributed by atoms with Crippen LogP contribution in [0.2, 0.25) is 18.1 Å². The van der Waals surface area contributed by atoms with Crippen molar-refractivity contribution in [2.24, 2.45) is 0 Å². The maximum atomic E-state index is 11.4. The lowest BCUT2D eigenvalue weighted by molar-refractivity contribution is -0.146. The number of benzene rings is 1. The monoisotopic (exact) mass is 456 g/mol. The lowest BCUT2D eigenvalue weighted by Gasteiger charge is -2.39. The highest BCUT2D eigenvalue weighted by Gasteiger charge is 2.39. The summed E-state index contributed by atoms with van der Waals surface area (Å²) >= 11 is 0. The fourth-order valence-electron chi connectivity index (χ4n) is 2.43. The van der Waals surface area contributed by atoms with Crippen LogP contribution in [0, 0.1) is 0 Å². The zero-order valence-corrected chi connectivity index (χ0v) is 20.9. The second kappa shape index (κ2) is 12.1. The maximum absolute atomic E-state index is 11.4. The first-order chi connectivity index (χ1) is 14.4. The van der Waals surface area contributed by atoms with Gasteiger partial charge in [-0.1, -0.05) is 26.8 Å². The lowest BCUT2D eigenvalue weighted by Crippen LogP contribution is -2.42. The van der Waals surface area contributed by atoms with Crippen molar-refractivity contribution in [3.8, 4) is 11.5 Å². The molecule has 0 aromatic heterocycles. The summed E-state index contributed by atoms with van der Waals surface area (Å²) in [7, 11) is 2.07. The molecule has 8 nitrogen and oxygen atoms in total. The molecule has 0 amide bonds. The maximum Gasteiger partial charge on any atom is 0.343 e. The Kier molecular flexibility index (Phi) is 10.5. The van der Waals surface area contributed by atoms with Crippen molar-refractivity contribution in [3.63, 3.8) is 0 Å². The Morgan fingerprint density at radius 3 is 2.13 bits per heavy atom. The van der Waals surface area contributed by atoms with Gasteiger partial charge in [0.1, 0.15) is 6.61 Å². The summed E-state index contributed by atoms with van der Waals surface area (Å²) in [5, 5.41) is 0.0196. The smallest absolute Gasteiger partial charge is 0.343 e. The molecule has 0 aliphatic carbocycles. The highest BCUT2D eigenvalue weighted by molar-refractivity contribution is 6.74. The van der Waals surface area contributed by atoms with Crippen LogP contribution < -0.4 is 9.47 Å². The zero-order valence-electron chi connectivity index (χ0n) is 19.9. The Hall–Kier alpha value is -2.10. The van der Waals surface area contributed by atoms with Crippen LogP contribution in [0.1, 0.15) is 38.9 Å². The molecular weight excluding hydrogens is 420 g/mol. The number of hydrogen-bond acceptors (Lipinski definition) is 8. The van der Waals surface area contributed by atoms with Crippen LogP contribution in [-0.4, -0.2) is 61.4 Å². The van der Waals surface area contributed by atoms with E-state index in [0.29, 0.717) is 24.5 Å². The predicted octanol–water partition coefficient (Wildman–Crippen LogP) is 3.89. The van der Waals surface area contributed by atoms with Gasteiger partial charge < -0.3 is 28.1 Å². The first-order valence-electron chi connectivity index (χ1n) is 10.1. The predicted molar refractivity (Wildman–Crippen MR) is 119 cm³/mol. The molecule has 31 heavy (non-hydrogen) atoms. The minimum absolute atomic E-state index is 0.0196. The Morgan fingerprint density at radius 2 is 1.58 bits per heavy atom. The third kappa shape index (κ3) is 8.51. The summed E-state index contributed by atoms with van der Waals surface area (Å²) in [5.41, 5.74) is 0.897. The van der Waals surface area contributed by atoms with Crippen molar-refractivity contribution < 1.29 is 37.7 Å². The topological polar surface area (TPSA) is 89.5 Å². The Labute approximate surface area is 186 Å². The van der Waals surface area contributed by atoms with Gasteiger partial charge in [0.15, 0.2) is 26.4 Å². The molecule has 0 N–H and O–H groups in total. The fourth-order valence-corrected chi connectivity index (χ4v) is 3.75. The van der Waals surface area contributed by atoms with Crippen LogP contribution in [0.5, 0.6) is 11.5 Å². The van der Waals surface area contributed by atoms with Gasteiger partial charge >= 0.3 is 11.9 Å². The molecule has 1 unspecified atom stereocenters. The molecule has 0 aliphatic rings. The Morgan fingerprint density at radius 1 is 0.968 bits per heavy atom. The summed E-state index contributed by atoms with van der Waals surface area (Å²) in [4.78, 5) is 22.7. The Bertz CT molecular complexity index is 727. The number of methoxy groups -OCH3 is 3. The quantitative estimate of drug-likeness (QED) is 0.266. The van der Waals surface area contributed by atoms with Crippen molar-refractivity contribution in [2.75, 3.05) is 41.2 Å². The molecule has 0 saturated carbocycles. The molecule has 1 aromatic rings. The molecule has 0 saturated heterocycles. The van der Waals surface area contributed by atoms with Crippen molar-refractivity contribution in [2.45, 2.75) is 51.4 Å². The van der Waals surface area contributed by atoms with Crippen molar-refractivity contribution in [1.82, 2.24) is 0 Å². The molecule has 1 rings (SSSR count). The fraction of sp³-hybridized carbons (Fsp3) is 0.636. The lowest BCUT2D eigenvalue weighted by atomic mass is 10.1. The van der Waals surface area contributed by atoms with Gasteiger partial charge in [-0.2, -0.15) is 0 Å². The van der Waals surface area contributed by atoms with Gasteiger partial charge in [0.2, 0.25) is 0 Å². The van der Waals surface area contributed by atoms with Gasteiger partial charge in [-0.3, -0.25) is 0 Å². The standard InChI is InChI=1S/C22H36O8Si/c1-22(2,3)31(7,8)30-17(11-12-28-14-20(23)26-5)16-9-10-18(19(13-16)25-4)29-15-21(24)27-6/h9-10,13,17H,11-12,14-15H2,1-8H3. The first-order valence-corrected chi connectivity index (χ1v) is 13.1. The van der Waals surface area contributed by atoms with Crippen molar-refractivity contribution in [1.29, 1.82) is 0 Å². The summed E-state index contributed by atoms with van der Waals surface area (Å²) in [6.45, 7) is 10.9. The molecule has 9 heteroatoms. The summed E-state index contributed by atoms with van der Waals surface area (Å²) in [6.07, 6.45) is 0.289. The van der Waals surface area contributed by atoms with E-state index in [2.05, 4.69) is 43.3 Å².